The van der Waals surface area contributed by atoms with Crippen LogP contribution in [0.15, 0.2) is 53.4 Å². The highest BCUT2D eigenvalue weighted by atomic mass is 16.3. The summed E-state index contributed by atoms with van der Waals surface area (Å²) in [7, 11) is 0. The molecule has 0 aromatic carbocycles. The van der Waals surface area contributed by atoms with Crippen molar-refractivity contribution in [2.75, 3.05) is 36.8 Å². The lowest BCUT2D eigenvalue weighted by molar-refractivity contribution is 0.249. The lowest BCUT2D eigenvalue weighted by Gasteiger charge is -2.35. The molecule has 2 N–H and O–H groups in total. The van der Waals surface area contributed by atoms with Crippen LogP contribution >= 0.6 is 0 Å². The quantitative estimate of drug-likeness (QED) is 0.574. The van der Waals surface area contributed by atoms with E-state index in [4.69, 9.17) is 10.2 Å². The average Bonchev–Trinajstić information content (AvgIpc) is 3.39. The van der Waals surface area contributed by atoms with Gasteiger partial charge in [0.05, 0.1) is 6.26 Å². The number of pyridine rings is 1. The van der Waals surface area contributed by atoms with E-state index < -0.39 is 0 Å². The molecule has 5 rings (SSSR count). The van der Waals surface area contributed by atoms with Crippen molar-refractivity contribution in [3.8, 4) is 11.6 Å². The second-order valence-electron chi connectivity index (χ2n) is 6.78. The van der Waals surface area contributed by atoms with Gasteiger partial charge >= 0.3 is 0 Å². The Balaban J connectivity index is 1.32. The predicted octanol–water partition coefficient (Wildman–Crippen LogP) is 1.68. The molecular formula is C19H20N8O. The van der Waals surface area contributed by atoms with Gasteiger partial charge in [0.25, 0.3) is 0 Å². The Morgan fingerprint density at radius 2 is 1.96 bits per heavy atom. The molecule has 0 saturated carbocycles. The van der Waals surface area contributed by atoms with E-state index >= 15 is 0 Å². The van der Waals surface area contributed by atoms with Gasteiger partial charge in [0.2, 0.25) is 11.8 Å². The minimum atomic E-state index is 0.315. The van der Waals surface area contributed by atoms with Crippen molar-refractivity contribution in [1.29, 1.82) is 0 Å². The maximum absolute atomic E-state index is 6.13. The van der Waals surface area contributed by atoms with E-state index in [1.807, 2.05) is 24.4 Å². The number of nitrogen functional groups attached to an aromatic ring is 1. The van der Waals surface area contributed by atoms with E-state index in [1.165, 1.54) is 5.56 Å². The average molecular weight is 376 g/mol. The fourth-order valence-corrected chi connectivity index (χ4v) is 3.46. The highest BCUT2D eigenvalue weighted by molar-refractivity contribution is 5.59. The summed E-state index contributed by atoms with van der Waals surface area (Å²) < 4.78 is 6.92. The fourth-order valence-electron chi connectivity index (χ4n) is 3.46. The third-order valence-electron chi connectivity index (χ3n) is 4.90. The van der Waals surface area contributed by atoms with Crippen LogP contribution in [0.2, 0.25) is 0 Å². The van der Waals surface area contributed by atoms with Crippen LogP contribution < -0.4 is 10.6 Å². The molecule has 1 aliphatic heterocycles. The SMILES string of the molecule is Nc1nc(N2CCN(Cc3cccnc3)CC2)cc2nc(-c3ccco3)nn12. The first-order valence-electron chi connectivity index (χ1n) is 9.20. The molecule has 1 fully saturated rings. The zero-order chi connectivity index (χ0) is 18.9. The topological polar surface area (TPSA) is 102 Å². The molecule has 5 heterocycles. The van der Waals surface area contributed by atoms with Gasteiger partial charge in [-0.15, -0.1) is 5.10 Å². The number of furan rings is 1. The number of aromatic nitrogens is 5. The minimum Gasteiger partial charge on any atom is -0.461 e. The Labute approximate surface area is 161 Å². The summed E-state index contributed by atoms with van der Waals surface area (Å²) in [4.78, 5) is 17.9. The van der Waals surface area contributed by atoms with E-state index in [0.717, 1.165) is 38.5 Å². The fraction of sp³-hybridized carbons (Fsp3) is 0.263. The van der Waals surface area contributed by atoms with E-state index in [9.17, 15) is 0 Å². The third kappa shape index (κ3) is 3.16. The van der Waals surface area contributed by atoms with Gasteiger partial charge in [0.1, 0.15) is 5.82 Å². The van der Waals surface area contributed by atoms with E-state index in [-0.39, 0.29) is 0 Å². The Hall–Kier alpha value is -3.46. The lowest BCUT2D eigenvalue weighted by atomic mass is 10.2. The second-order valence-corrected chi connectivity index (χ2v) is 6.78. The third-order valence-corrected chi connectivity index (χ3v) is 4.90. The normalized spacial score (nSPS) is 15.4. The number of nitrogens with zero attached hydrogens (tertiary/aromatic N) is 7. The van der Waals surface area contributed by atoms with Gasteiger partial charge in [0.15, 0.2) is 11.4 Å². The first kappa shape index (κ1) is 16.7. The van der Waals surface area contributed by atoms with Gasteiger partial charge in [-0.1, -0.05) is 6.07 Å². The minimum absolute atomic E-state index is 0.315. The Bertz CT molecular complexity index is 1070. The van der Waals surface area contributed by atoms with E-state index in [2.05, 4.69) is 35.9 Å². The van der Waals surface area contributed by atoms with Crippen LogP contribution in [0.25, 0.3) is 17.2 Å². The lowest BCUT2D eigenvalue weighted by Crippen LogP contribution is -2.46. The van der Waals surface area contributed by atoms with Crippen LogP contribution in [0, 0.1) is 0 Å². The molecule has 1 aliphatic rings. The second kappa shape index (κ2) is 6.93. The summed E-state index contributed by atoms with van der Waals surface area (Å²) in [5.74, 6) is 2.24. The molecular weight excluding hydrogens is 356 g/mol. The van der Waals surface area contributed by atoms with Crippen molar-refractivity contribution in [2.45, 2.75) is 6.54 Å². The molecule has 0 aliphatic carbocycles. The van der Waals surface area contributed by atoms with Gasteiger partial charge < -0.3 is 15.1 Å². The van der Waals surface area contributed by atoms with Crippen LogP contribution in [0.1, 0.15) is 5.56 Å². The highest BCUT2D eigenvalue weighted by Gasteiger charge is 2.20. The van der Waals surface area contributed by atoms with Crippen molar-refractivity contribution in [2.24, 2.45) is 0 Å². The van der Waals surface area contributed by atoms with Crippen LogP contribution in [-0.4, -0.2) is 55.6 Å². The Kier molecular flexibility index (Phi) is 4.13. The summed E-state index contributed by atoms with van der Waals surface area (Å²) in [6.45, 7) is 4.56. The number of fused-ring (bicyclic) bond motifs is 1. The first-order chi connectivity index (χ1) is 13.8. The van der Waals surface area contributed by atoms with Gasteiger partial charge in [-0.25, -0.2) is 4.98 Å². The molecule has 28 heavy (non-hydrogen) atoms. The number of rotatable bonds is 4. The summed E-state index contributed by atoms with van der Waals surface area (Å²) in [6.07, 6.45) is 5.32. The molecule has 9 heteroatoms. The first-order valence-corrected chi connectivity index (χ1v) is 9.20. The van der Waals surface area contributed by atoms with Crippen molar-refractivity contribution in [3.63, 3.8) is 0 Å². The molecule has 0 bridgehead atoms. The molecule has 9 nitrogen and oxygen atoms in total. The van der Waals surface area contributed by atoms with Crippen LogP contribution in [0.3, 0.4) is 0 Å². The largest absolute Gasteiger partial charge is 0.461 e. The number of hydrogen-bond donors (Lipinski definition) is 1. The number of nitrogens with two attached hydrogens (primary N) is 1. The number of hydrogen-bond acceptors (Lipinski definition) is 8. The van der Waals surface area contributed by atoms with Crippen LogP contribution in [0.4, 0.5) is 11.8 Å². The van der Waals surface area contributed by atoms with Crippen molar-refractivity contribution < 1.29 is 4.42 Å². The molecule has 0 amide bonds. The number of anilines is 2. The molecule has 0 spiro atoms. The number of piperazine rings is 1. The molecule has 4 aromatic rings. The summed E-state index contributed by atoms with van der Waals surface area (Å²) in [6, 6.07) is 9.63. The van der Waals surface area contributed by atoms with Crippen molar-refractivity contribution in [1.82, 2.24) is 29.5 Å². The predicted molar refractivity (Wildman–Crippen MR) is 105 cm³/mol. The highest BCUT2D eigenvalue weighted by Crippen LogP contribution is 2.22. The van der Waals surface area contributed by atoms with Gasteiger partial charge in [-0.2, -0.15) is 9.50 Å². The molecule has 4 aromatic heterocycles. The maximum atomic E-state index is 6.13. The van der Waals surface area contributed by atoms with Crippen LogP contribution in [-0.2, 0) is 6.54 Å². The molecule has 142 valence electrons. The molecule has 0 unspecified atom stereocenters. The smallest absolute Gasteiger partial charge is 0.225 e. The van der Waals surface area contributed by atoms with E-state index in [1.54, 1.807) is 23.0 Å². The Morgan fingerprint density at radius 1 is 1.07 bits per heavy atom. The monoisotopic (exact) mass is 376 g/mol. The zero-order valence-electron chi connectivity index (χ0n) is 15.3. The zero-order valence-corrected chi connectivity index (χ0v) is 15.3. The summed E-state index contributed by atoms with van der Waals surface area (Å²) in [5, 5.41) is 4.39. The standard InChI is InChI=1S/C19H20N8O/c20-19-23-16(11-17-22-18(24-27(17)19)15-4-2-10-28-15)26-8-6-25(7-9-26)13-14-3-1-5-21-12-14/h1-5,10-12H,6-9,13H2,(H2,20,23). The van der Waals surface area contributed by atoms with Crippen molar-refractivity contribution in [3.05, 3.63) is 54.6 Å². The molecule has 1 saturated heterocycles. The maximum Gasteiger partial charge on any atom is 0.225 e. The van der Waals surface area contributed by atoms with Gasteiger partial charge in [-0.3, -0.25) is 9.88 Å². The Morgan fingerprint density at radius 3 is 2.71 bits per heavy atom. The van der Waals surface area contributed by atoms with E-state index in [0.29, 0.717) is 23.2 Å². The molecule has 0 radical (unpaired) electrons. The van der Waals surface area contributed by atoms with Crippen LogP contribution in [0.5, 0.6) is 0 Å². The summed E-state index contributed by atoms with van der Waals surface area (Å²) >= 11 is 0. The molecule has 0 atom stereocenters. The van der Waals surface area contributed by atoms with Gasteiger partial charge in [-0.05, 0) is 23.8 Å². The van der Waals surface area contributed by atoms with Crippen molar-refractivity contribution >= 4 is 17.4 Å². The summed E-state index contributed by atoms with van der Waals surface area (Å²) in [5.41, 5.74) is 8.02. The van der Waals surface area contributed by atoms with Gasteiger partial charge in [0, 0.05) is 51.2 Å².